The summed E-state index contributed by atoms with van der Waals surface area (Å²) in [5.74, 6) is 1.27. The molecule has 0 saturated heterocycles. The van der Waals surface area contributed by atoms with Crippen LogP contribution in [0.1, 0.15) is 27.7 Å². The maximum absolute atomic E-state index is 9.96. The molecule has 0 aliphatic heterocycles. The molecule has 0 spiro atoms. The number of halogens is 1. The van der Waals surface area contributed by atoms with Crippen LogP contribution >= 0.6 is 11.6 Å². The fourth-order valence-electron chi connectivity index (χ4n) is 3.04. The van der Waals surface area contributed by atoms with Crippen molar-refractivity contribution in [3.05, 3.63) is 29.3 Å². The van der Waals surface area contributed by atoms with Gasteiger partial charge in [0.05, 0.1) is 5.02 Å². The Hall–Kier alpha value is -0.770. The largest absolute Gasteiger partial charge is 0.489 e. The highest BCUT2D eigenvalue weighted by Gasteiger charge is 2.63. The average Bonchev–Trinajstić information content (AvgIpc) is 2.80. The summed E-state index contributed by atoms with van der Waals surface area (Å²) in [6.45, 7) is 10.9. The minimum Gasteiger partial charge on any atom is -0.489 e. The fourth-order valence-corrected chi connectivity index (χ4v) is 3.23. The van der Waals surface area contributed by atoms with Crippen molar-refractivity contribution in [2.24, 2.45) is 16.7 Å². The lowest BCUT2D eigenvalue weighted by Gasteiger charge is -2.14. The Morgan fingerprint density at radius 3 is 2.43 bits per heavy atom. The van der Waals surface area contributed by atoms with Crippen LogP contribution in [0.15, 0.2) is 24.3 Å². The average molecular weight is 312 g/mol. The second-order valence-corrected chi connectivity index (χ2v) is 7.46. The Kier molecular flexibility index (Phi) is 4.86. The minimum absolute atomic E-state index is 0.244. The standard InChI is InChI=1S/C17H26ClNO2/c1-16(2)15(17(16,3)4)10-19-9-12(20)11-21-14-8-6-5-7-13(14)18/h5-8,12,15,19-20H,9-11H2,1-4H3. The summed E-state index contributed by atoms with van der Waals surface area (Å²) in [6.07, 6.45) is -0.536. The van der Waals surface area contributed by atoms with E-state index < -0.39 is 6.10 Å². The highest BCUT2D eigenvalue weighted by molar-refractivity contribution is 6.32. The van der Waals surface area contributed by atoms with Crippen LogP contribution in [0.2, 0.25) is 5.02 Å². The first kappa shape index (κ1) is 16.6. The molecular weight excluding hydrogens is 286 g/mol. The van der Waals surface area contributed by atoms with E-state index in [-0.39, 0.29) is 6.61 Å². The highest BCUT2D eigenvalue weighted by atomic mass is 35.5. The molecule has 2 rings (SSSR count). The predicted molar refractivity (Wildman–Crippen MR) is 86.9 cm³/mol. The molecule has 118 valence electrons. The van der Waals surface area contributed by atoms with Gasteiger partial charge in [0.2, 0.25) is 0 Å². The Bertz CT molecular complexity index is 473. The van der Waals surface area contributed by atoms with Crippen LogP contribution < -0.4 is 10.1 Å². The van der Waals surface area contributed by atoms with Crippen LogP contribution in [0.25, 0.3) is 0 Å². The molecule has 0 bridgehead atoms. The number of aliphatic hydroxyl groups excluding tert-OH is 1. The highest BCUT2D eigenvalue weighted by Crippen LogP contribution is 2.67. The van der Waals surface area contributed by atoms with Crippen molar-refractivity contribution in [2.45, 2.75) is 33.8 Å². The van der Waals surface area contributed by atoms with E-state index in [0.29, 0.717) is 34.1 Å². The molecule has 0 radical (unpaired) electrons. The van der Waals surface area contributed by atoms with Crippen molar-refractivity contribution in [1.82, 2.24) is 5.32 Å². The fraction of sp³-hybridized carbons (Fsp3) is 0.647. The SMILES string of the molecule is CC1(C)C(CNCC(O)COc2ccccc2Cl)C1(C)C. The Morgan fingerprint density at radius 1 is 1.24 bits per heavy atom. The van der Waals surface area contributed by atoms with Gasteiger partial charge in [-0.05, 0) is 35.4 Å². The number of aliphatic hydroxyl groups is 1. The topological polar surface area (TPSA) is 41.5 Å². The third kappa shape index (κ3) is 3.53. The minimum atomic E-state index is -0.536. The lowest BCUT2D eigenvalue weighted by atomic mass is 10.0. The normalized spacial score (nSPS) is 21.0. The Morgan fingerprint density at radius 2 is 1.86 bits per heavy atom. The molecule has 1 atom stereocenters. The van der Waals surface area contributed by atoms with Crippen molar-refractivity contribution < 1.29 is 9.84 Å². The Labute approximate surface area is 132 Å². The van der Waals surface area contributed by atoms with E-state index >= 15 is 0 Å². The van der Waals surface area contributed by atoms with Crippen molar-refractivity contribution in [1.29, 1.82) is 0 Å². The molecule has 2 N–H and O–H groups in total. The summed E-state index contributed by atoms with van der Waals surface area (Å²) in [6, 6.07) is 7.30. The van der Waals surface area contributed by atoms with Gasteiger partial charge in [-0.2, -0.15) is 0 Å². The lowest BCUT2D eigenvalue weighted by molar-refractivity contribution is 0.106. The zero-order valence-electron chi connectivity index (χ0n) is 13.3. The smallest absolute Gasteiger partial charge is 0.138 e. The first-order valence-corrected chi connectivity index (χ1v) is 7.90. The van der Waals surface area contributed by atoms with E-state index in [9.17, 15) is 5.11 Å². The third-order valence-corrected chi connectivity index (χ3v) is 5.63. The van der Waals surface area contributed by atoms with Gasteiger partial charge < -0.3 is 15.2 Å². The van der Waals surface area contributed by atoms with E-state index in [0.717, 1.165) is 6.54 Å². The quantitative estimate of drug-likeness (QED) is 0.811. The molecule has 0 amide bonds. The molecule has 21 heavy (non-hydrogen) atoms. The summed E-state index contributed by atoms with van der Waals surface area (Å²) in [7, 11) is 0. The van der Waals surface area contributed by atoms with Crippen molar-refractivity contribution in [3.8, 4) is 5.75 Å². The van der Waals surface area contributed by atoms with E-state index in [1.807, 2.05) is 12.1 Å². The molecule has 1 aromatic rings. The van der Waals surface area contributed by atoms with Gasteiger partial charge in [-0.25, -0.2) is 0 Å². The second-order valence-electron chi connectivity index (χ2n) is 7.05. The third-order valence-electron chi connectivity index (χ3n) is 5.32. The van der Waals surface area contributed by atoms with Gasteiger partial charge >= 0.3 is 0 Å². The molecule has 0 aromatic heterocycles. The molecular formula is C17H26ClNO2. The van der Waals surface area contributed by atoms with Crippen LogP contribution in [0.5, 0.6) is 5.75 Å². The molecule has 1 aliphatic carbocycles. The molecule has 1 aliphatic rings. The Balaban J connectivity index is 1.67. The van der Waals surface area contributed by atoms with E-state index in [1.165, 1.54) is 0 Å². The summed E-state index contributed by atoms with van der Waals surface area (Å²) in [5, 5.41) is 13.9. The second kappa shape index (κ2) is 6.15. The van der Waals surface area contributed by atoms with Crippen molar-refractivity contribution >= 4 is 11.6 Å². The van der Waals surface area contributed by atoms with Gasteiger partial charge in [-0.3, -0.25) is 0 Å². The van der Waals surface area contributed by atoms with Gasteiger partial charge in [0.25, 0.3) is 0 Å². The predicted octanol–water partition coefficient (Wildman–Crippen LogP) is 3.35. The number of hydrogen-bond acceptors (Lipinski definition) is 3. The zero-order chi connectivity index (χ0) is 15.7. The van der Waals surface area contributed by atoms with Crippen LogP contribution in [0.3, 0.4) is 0 Å². The maximum Gasteiger partial charge on any atom is 0.138 e. The summed E-state index contributed by atoms with van der Waals surface area (Å²) in [4.78, 5) is 0. The molecule has 1 aromatic carbocycles. The van der Waals surface area contributed by atoms with Crippen LogP contribution in [-0.4, -0.2) is 30.9 Å². The number of rotatable bonds is 7. The summed E-state index contributed by atoms with van der Waals surface area (Å²) in [5.41, 5.74) is 0.748. The molecule has 1 saturated carbocycles. The van der Waals surface area contributed by atoms with Crippen molar-refractivity contribution in [2.75, 3.05) is 19.7 Å². The number of nitrogens with one attached hydrogen (secondary N) is 1. The molecule has 0 heterocycles. The van der Waals surface area contributed by atoms with Crippen LogP contribution in [0.4, 0.5) is 0 Å². The van der Waals surface area contributed by atoms with Crippen molar-refractivity contribution in [3.63, 3.8) is 0 Å². The number of para-hydroxylation sites is 1. The first-order chi connectivity index (χ1) is 9.76. The van der Waals surface area contributed by atoms with E-state index in [4.69, 9.17) is 16.3 Å². The molecule has 1 unspecified atom stereocenters. The maximum atomic E-state index is 9.96. The van der Waals surface area contributed by atoms with E-state index in [1.54, 1.807) is 12.1 Å². The summed E-state index contributed by atoms with van der Waals surface area (Å²) >= 11 is 6.00. The summed E-state index contributed by atoms with van der Waals surface area (Å²) < 4.78 is 5.53. The van der Waals surface area contributed by atoms with Gasteiger partial charge in [0.15, 0.2) is 0 Å². The van der Waals surface area contributed by atoms with Gasteiger partial charge in [0.1, 0.15) is 18.5 Å². The lowest BCUT2D eigenvalue weighted by Crippen LogP contribution is -2.33. The molecule has 1 fully saturated rings. The number of ether oxygens (including phenoxy) is 1. The number of hydrogen-bond donors (Lipinski definition) is 2. The van der Waals surface area contributed by atoms with Gasteiger partial charge in [-0.15, -0.1) is 0 Å². The van der Waals surface area contributed by atoms with E-state index in [2.05, 4.69) is 33.0 Å². The molecule has 3 nitrogen and oxygen atoms in total. The van der Waals surface area contributed by atoms with Gasteiger partial charge in [-0.1, -0.05) is 51.4 Å². The monoisotopic (exact) mass is 311 g/mol. The first-order valence-electron chi connectivity index (χ1n) is 7.53. The molecule has 4 heteroatoms. The number of benzene rings is 1. The van der Waals surface area contributed by atoms with Gasteiger partial charge in [0, 0.05) is 6.54 Å². The van der Waals surface area contributed by atoms with Crippen LogP contribution in [0, 0.1) is 16.7 Å². The zero-order valence-corrected chi connectivity index (χ0v) is 14.1. The van der Waals surface area contributed by atoms with Crippen LogP contribution in [-0.2, 0) is 0 Å².